The van der Waals surface area contributed by atoms with Gasteiger partial charge in [0, 0.05) is 5.54 Å². The molecular formula is C11H19NO. The van der Waals surface area contributed by atoms with E-state index in [0.717, 1.165) is 18.4 Å². The van der Waals surface area contributed by atoms with Gasteiger partial charge in [0.05, 0.1) is 12.2 Å². The van der Waals surface area contributed by atoms with Crippen molar-refractivity contribution in [3.05, 3.63) is 0 Å². The quantitative estimate of drug-likeness (QED) is 0.617. The van der Waals surface area contributed by atoms with Crippen molar-refractivity contribution in [3.63, 3.8) is 0 Å². The van der Waals surface area contributed by atoms with Crippen LogP contribution in [0, 0.1) is 11.8 Å². The molecule has 2 saturated carbocycles. The highest BCUT2D eigenvalue weighted by molar-refractivity contribution is 5.07. The van der Waals surface area contributed by atoms with Gasteiger partial charge in [-0.2, -0.15) is 0 Å². The Morgan fingerprint density at radius 1 is 1.15 bits per heavy atom. The van der Waals surface area contributed by atoms with Crippen molar-refractivity contribution in [3.8, 4) is 0 Å². The fourth-order valence-corrected chi connectivity index (χ4v) is 3.84. The van der Waals surface area contributed by atoms with Gasteiger partial charge in [-0.3, -0.25) is 0 Å². The molecule has 1 saturated heterocycles. The van der Waals surface area contributed by atoms with Gasteiger partial charge in [0.15, 0.2) is 0 Å². The lowest BCUT2D eigenvalue weighted by molar-refractivity contribution is -0.146. The van der Waals surface area contributed by atoms with Crippen LogP contribution < -0.4 is 5.73 Å². The van der Waals surface area contributed by atoms with Crippen molar-refractivity contribution in [1.82, 2.24) is 0 Å². The molecule has 2 N–H and O–H groups in total. The second-order valence-electron chi connectivity index (χ2n) is 5.77. The van der Waals surface area contributed by atoms with E-state index in [1.54, 1.807) is 0 Å². The molecule has 3 aliphatic rings. The SMILES string of the molecule is CC1(N)CC2CC3(CCO3)C[C@H]2C1. The molecule has 0 radical (unpaired) electrons. The Morgan fingerprint density at radius 3 is 2.08 bits per heavy atom. The highest BCUT2D eigenvalue weighted by Gasteiger charge is 2.54. The van der Waals surface area contributed by atoms with E-state index in [1.807, 2.05) is 0 Å². The fraction of sp³-hybridized carbons (Fsp3) is 1.00. The van der Waals surface area contributed by atoms with Crippen LogP contribution in [0.15, 0.2) is 0 Å². The summed E-state index contributed by atoms with van der Waals surface area (Å²) in [5.41, 5.74) is 6.63. The Balaban J connectivity index is 1.74. The molecule has 3 rings (SSSR count). The van der Waals surface area contributed by atoms with Gasteiger partial charge in [-0.15, -0.1) is 0 Å². The molecule has 0 aromatic rings. The Kier molecular flexibility index (Phi) is 1.45. The Morgan fingerprint density at radius 2 is 1.69 bits per heavy atom. The Hall–Kier alpha value is -0.0800. The predicted molar refractivity (Wildman–Crippen MR) is 51.3 cm³/mol. The summed E-state index contributed by atoms with van der Waals surface area (Å²) in [4.78, 5) is 0. The largest absolute Gasteiger partial charge is 0.375 e. The molecule has 2 heteroatoms. The second kappa shape index (κ2) is 2.29. The van der Waals surface area contributed by atoms with E-state index in [9.17, 15) is 0 Å². The summed E-state index contributed by atoms with van der Waals surface area (Å²) >= 11 is 0. The van der Waals surface area contributed by atoms with Crippen molar-refractivity contribution in [2.75, 3.05) is 6.61 Å². The molecular weight excluding hydrogens is 162 g/mol. The Bertz CT molecular complexity index is 214. The first kappa shape index (κ1) is 8.25. The highest BCUT2D eigenvalue weighted by Crippen LogP contribution is 2.56. The lowest BCUT2D eigenvalue weighted by Crippen LogP contribution is -2.43. The van der Waals surface area contributed by atoms with Crippen LogP contribution in [0.3, 0.4) is 0 Å². The minimum atomic E-state index is 0.126. The first-order chi connectivity index (χ1) is 6.09. The third-order valence-electron chi connectivity index (χ3n) is 4.36. The van der Waals surface area contributed by atoms with Gasteiger partial charge in [0.1, 0.15) is 0 Å². The van der Waals surface area contributed by atoms with Crippen LogP contribution in [0.5, 0.6) is 0 Å². The third kappa shape index (κ3) is 1.15. The fourth-order valence-electron chi connectivity index (χ4n) is 3.84. The molecule has 1 aliphatic heterocycles. The maximum Gasteiger partial charge on any atom is 0.0710 e. The lowest BCUT2D eigenvalue weighted by Gasteiger charge is -2.40. The molecule has 2 nitrogen and oxygen atoms in total. The van der Waals surface area contributed by atoms with E-state index in [-0.39, 0.29) is 5.54 Å². The van der Waals surface area contributed by atoms with Gasteiger partial charge in [0.25, 0.3) is 0 Å². The highest BCUT2D eigenvalue weighted by atomic mass is 16.5. The number of ether oxygens (including phenoxy) is 1. The molecule has 3 fully saturated rings. The van der Waals surface area contributed by atoms with Crippen molar-refractivity contribution in [1.29, 1.82) is 0 Å². The number of hydrogen-bond acceptors (Lipinski definition) is 2. The molecule has 3 unspecified atom stereocenters. The van der Waals surface area contributed by atoms with Gasteiger partial charge in [-0.05, 0) is 50.9 Å². The van der Waals surface area contributed by atoms with Gasteiger partial charge >= 0.3 is 0 Å². The molecule has 0 aromatic carbocycles. The van der Waals surface area contributed by atoms with Crippen molar-refractivity contribution >= 4 is 0 Å². The van der Waals surface area contributed by atoms with Crippen LogP contribution in [-0.2, 0) is 4.74 Å². The summed E-state index contributed by atoms with van der Waals surface area (Å²) in [5, 5.41) is 0. The summed E-state index contributed by atoms with van der Waals surface area (Å²) in [7, 11) is 0. The summed E-state index contributed by atoms with van der Waals surface area (Å²) in [6, 6.07) is 0. The van der Waals surface area contributed by atoms with Gasteiger partial charge < -0.3 is 10.5 Å². The third-order valence-corrected chi connectivity index (χ3v) is 4.36. The molecule has 0 aromatic heterocycles. The smallest absolute Gasteiger partial charge is 0.0710 e. The van der Waals surface area contributed by atoms with Gasteiger partial charge in [0.2, 0.25) is 0 Å². The van der Waals surface area contributed by atoms with Gasteiger partial charge in [-0.1, -0.05) is 0 Å². The van der Waals surface area contributed by atoms with Crippen molar-refractivity contribution in [2.24, 2.45) is 17.6 Å². The van der Waals surface area contributed by atoms with E-state index < -0.39 is 0 Å². The van der Waals surface area contributed by atoms with Crippen LogP contribution in [-0.4, -0.2) is 17.7 Å². The minimum Gasteiger partial charge on any atom is -0.375 e. The van der Waals surface area contributed by atoms with E-state index in [0.29, 0.717) is 5.60 Å². The van der Waals surface area contributed by atoms with Crippen LogP contribution in [0.2, 0.25) is 0 Å². The average Bonchev–Trinajstić information content (AvgIpc) is 2.35. The normalized spacial score (nSPS) is 59.5. The second-order valence-corrected chi connectivity index (χ2v) is 5.77. The lowest BCUT2D eigenvalue weighted by atomic mass is 9.87. The van der Waals surface area contributed by atoms with Crippen molar-refractivity contribution < 1.29 is 4.74 Å². The monoisotopic (exact) mass is 181 g/mol. The zero-order valence-electron chi connectivity index (χ0n) is 8.38. The molecule has 4 atom stereocenters. The molecule has 0 amide bonds. The van der Waals surface area contributed by atoms with Crippen LogP contribution in [0.4, 0.5) is 0 Å². The summed E-state index contributed by atoms with van der Waals surface area (Å²) in [6.07, 6.45) is 6.35. The average molecular weight is 181 g/mol. The summed E-state index contributed by atoms with van der Waals surface area (Å²) in [5.74, 6) is 1.74. The molecule has 0 bridgehead atoms. The predicted octanol–water partition coefficient (Wildman–Crippen LogP) is 1.68. The first-order valence-corrected chi connectivity index (χ1v) is 5.52. The molecule has 1 heterocycles. The number of hydrogen-bond donors (Lipinski definition) is 1. The molecule has 1 spiro atoms. The van der Waals surface area contributed by atoms with E-state index in [2.05, 4.69) is 6.92 Å². The minimum absolute atomic E-state index is 0.126. The molecule has 74 valence electrons. The topological polar surface area (TPSA) is 35.2 Å². The van der Waals surface area contributed by atoms with E-state index >= 15 is 0 Å². The van der Waals surface area contributed by atoms with Crippen LogP contribution in [0.1, 0.15) is 39.0 Å². The van der Waals surface area contributed by atoms with Crippen LogP contribution >= 0.6 is 0 Å². The first-order valence-electron chi connectivity index (χ1n) is 5.52. The molecule has 2 aliphatic carbocycles. The number of rotatable bonds is 0. The standard InChI is InChI=1S/C11H19NO/c1-10(12)4-8-6-11(2-3-13-11)7-9(8)5-10/h8-9H,2-7,12H2,1H3/t8-,9?,10?,11?/m1/s1. The number of nitrogens with two attached hydrogens (primary N) is 1. The number of fused-ring (bicyclic) bond motifs is 1. The van der Waals surface area contributed by atoms with Gasteiger partial charge in [-0.25, -0.2) is 0 Å². The zero-order valence-corrected chi connectivity index (χ0v) is 8.38. The van der Waals surface area contributed by atoms with Crippen molar-refractivity contribution in [2.45, 2.75) is 50.2 Å². The zero-order chi connectivity index (χ0) is 9.10. The summed E-state index contributed by atoms with van der Waals surface area (Å²) in [6.45, 7) is 3.21. The van der Waals surface area contributed by atoms with E-state index in [4.69, 9.17) is 10.5 Å². The maximum atomic E-state index is 6.18. The van der Waals surface area contributed by atoms with E-state index in [1.165, 1.54) is 32.1 Å². The Labute approximate surface area is 79.8 Å². The maximum absolute atomic E-state index is 6.18. The van der Waals surface area contributed by atoms with Crippen LogP contribution in [0.25, 0.3) is 0 Å². The molecule has 13 heavy (non-hydrogen) atoms. The summed E-state index contributed by atoms with van der Waals surface area (Å²) < 4.78 is 5.74.